The van der Waals surface area contributed by atoms with Crippen LogP contribution in [-0.4, -0.2) is 101 Å². The van der Waals surface area contributed by atoms with Crippen LogP contribution < -0.4 is 5.32 Å². The van der Waals surface area contributed by atoms with Crippen LogP contribution in [0.1, 0.15) is 61.8 Å². The molecule has 0 saturated heterocycles. The number of carbonyl (C=O) groups is 6. The summed E-state index contributed by atoms with van der Waals surface area (Å²) in [4.78, 5) is 79.9. The van der Waals surface area contributed by atoms with E-state index in [4.69, 9.17) is 9.47 Å². The molecule has 0 aromatic heterocycles. The van der Waals surface area contributed by atoms with Crippen LogP contribution in [0.3, 0.4) is 0 Å². The van der Waals surface area contributed by atoms with Gasteiger partial charge in [0.25, 0.3) is 11.8 Å². The summed E-state index contributed by atoms with van der Waals surface area (Å²) in [6.07, 6.45) is -1.21. The van der Waals surface area contributed by atoms with Gasteiger partial charge in [-0.2, -0.15) is 0 Å². The molecule has 14 nitrogen and oxygen atoms in total. The summed E-state index contributed by atoms with van der Waals surface area (Å²) in [6, 6.07) is -3.32. The van der Waals surface area contributed by atoms with E-state index < -0.39 is 71.0 Å². The molecule has 230 valence electrons. The third kappa shape index (κ3) is 9.59. The standard InChI is InChI=1S/C27H41N3O11/c1-11-15(2)18(20(32)28-17(22(34)38-9)19(31)23(35)39-10)30(25(37)41-27(6,7)8)21(33)16-13-12-14-29(16)24(36)40-26(3,4)5/h12-13,16-17,19,31H,11,14H2,1-10H3,(H,28,32)/b18-15+/t16-,17-,19?/m0/s1. The summed E-state index contributed by atoms with van der Waals surface area (Å²) in [5.41, 5.74) is -2.33. The van der Waals surface area contributed by atoms with Gasteiger partial charge in [0.1, 0.15) is 22.9 Å². The third-order valence-corrected chi connectivity index (χ3v) is 5.51. The Bertz CT molecular complexity index is 1100. The molecule has 0 saturated carbocycles. The van der Waals surface area contributed by atoms with Gasteiger partial charge >= 0.3 is 24.1 Å². The number of rotatable bonds is 8. The van der Waals surface area contributed by atoms with Crippen molar-refractivity contribution in [2.24, 2.45) is 0 Å². The zero-order valence-corrected chi connectivity index (χ0v) is 25.2. The molecule has 0 aliphatic carbocycles. The Morgan fingerprint density at radius 2 is 1.51 bits per heavy atom. The van der Waals surface area contributed by atoms with E-state index in [1.54, 1.807) is 48.5 Å². The molecule has 0 aromatic rings. The lowest BCUT2D eigenvalue weighted by Crippen LogP contribution is -2.57. The Kier molecular flexibility index (Phi) is 12.1. The minimum Gasteiger partial charge on any atom is -0.467 e. The van der Waals surface area contributed by atoms with Crippen molar-refractivity contribution in [3.05, 3.63) is 23.4 Å². The predicted octanol–water partition coefficient (Wildman–Crippen LogP) is 1.80. The molecule has 1 rings (SSSR count). The number of nitrogens with one attached hydrogen (secondary N) is 1. The molecule has 1 aliphatic heterocycles. The molecule has 0 bridgehead atoms. The van der Waals surface area contributed by atoms with Gasteiger partial charge in [0.05, 0.1) is 14.2 Å². The minimum absolute atomic E-state index is 0.0127. The van der Waals surface area contributed by atoms with E-state index in [2.05, 4.69) is 14.8 Å². The molecule has 0 aromatic carbocycles. The number of hydrogen-bond acceptors (Lipinski definition) is 11. The fourth-order valence-corrected chi connectivity index (χ4v) is 3.49. The highest BCUT2D eigenvalue weighted by Crippen LogP contribution is 2.24. The molecule has 1 heterocycles. The lowest BCUT2D eigenvalue weighted by molar-refractivity contribution is -0.160. The van der Waals surface area contributed by atoms with Gasteiger partial charge in [0.15, 0.2) is 12.1 Å². The summed E-state index contributed by atoms with van der Waals surface area (Å²) >= 11 is 0. The fourth-order valence-electron chi connectivity index (χ4n) is 3.49. The van der Waals surface area contributed by atoms with Crippen LogP contribution in [0.25, 0.3) is 0 Å². The van der Waals surface area contributed by atoms with E-state index in [-0.39, 0.29) is 18.5 Å². The Morgan fingerprint density at radius 3 is 1.98 bits per heavy atom. The van der Waals surface area contributed by atoms with Crippen molar-refractivity contribution in [1.29, 1.82) is 0 Å². The maximum absolute atomic E-state index is 14.0. The number of amides is 4. The van der Waals surface area contributed by atoms with Crippen molar-refractivity contribution < 1.29 is 52.8 Å². The van der Waals surface area contributed by atoms with E-state index in [0.717, 1.165) is 19.1 Å². The number of ether oxygens (including phenoxy) is 4. The largest absolute Gasteiger partial charge is 0.467 e. The van der Waals surface area contributed by atoms with Crippen molar-refractivity contribution in [3.63, 3.8) is 0 Å². The first kappa shape index (κ1) is 35.1. The number of allylic oxidation sites excluding steroid dienone is 1. The van der Waals surface area contributed by atoms with Gasteiger partial charge in [-0.25, -0.2) is 24.1 Å². The molecular weight excluding hydrogens is 542 g/mol. The quantitative estimate of drug-likeness (QED) is 0.184. The van der Waals surface area contributed by atoms with E-state index in [9.17, 15) is 33.9 Å². The molecule has 3 atom stereocenters. The van der Waals surface area contributed by atoms with E-state index in [0.29, 0.717) is 4.90 Å². The number of imide groups is 1. The highest BCUT2D eigenvalue weighted by atomic mass is 16.6. The topological polar surface area (TPSA) is 178 Å². The van der Waals surface area contributed by atoms with Crippen molar-refractivity contribution in [2.45, 2.75) is 91.2 Å². The Morgan fingerprint density at radius 1 is 0.976 bits per heavy atom. The first-order valence-electron chi connectivity index (χ1n) is 12.9. The molecule has 14 heteroatoms. The van der Waals surface area contributed by atoms with Gasteiger partial charge in [-0.05, 0) is 60.5 Å². The summed E-state index contributed by atoms with van der Waals surface area (Å²) in [5.74, 6) is -4.66. The molecule has 1 aliphatic rings. The highest BCUT2D eigenvalue weighted by molar-refractivity contribution is 6.09. The van der Waals surface area contributed by atoms with Crippen molar-refractivity contribution >= 4 is 35.9 Å². The average molecular weight is 584 g/mol. The highest BCUT2D eigenvalue weighted by Gasteiger charge is 2.44. The minimum atomic E-state index is -2.18. The van der Waals surface area contributed by atoms with E-state index >= 15 is 0 Å². The Labute approximate surface area is 239 Å². The second-order valence-electron chi connectivity index (χ2n) is 11.1. The number of carbonyl (C=O) groups excluding carboxylic acids is 6. The lowest BCUT2D eigenvalue weighted by Gasteiger charge is -2.33. The normalized spacial score (nSPS) is 17.0. The molecule has 4 amide bonds. The van der Waals surface area contributed by atoms with Crippen molar-refractivity contribution in [1.82, 2.24) is 15.1 Å². The first-order valence-corrected chi connectivity index (χ1v) is 12.9. The lowest BCUT2D eigenvalue weighted by atomic mass is 10.1. The zero-order valence-electron chi connectivity index (χ0n) is 25.2. The molecule has 41 heavy (non-hydrogen) atoms. The Balaban J connectivity index is 3.68. The monoisotopic (exact) mass is 583 g/mol. The zero-order chi connectivity index (χ0) is 31.9. The maximum atomic E-state index is 14.0. The third-order valence-electron chi connectivity index (χ3n) is 5.51. The van der Waals surface area contributed by atoms with Crippen molar-refractivity contribution in [3.8, 4) is 0 Å². The number of nitrogens with zero attached hydrogens (tertiary/aromatic N) is 2. The van der Waals surface area contributed by atoms with Gasteiger partial charge in [0.2, 0.25) is 0 Å². The maximum Gasteiger partial charge on any atom is 0.422 e. The molecule has 0 radical (unpaired) electrons. The number of esters is 2. The second kappa shape index (κ2) is 14.1. The molecule has 0 fully saturated rings. The number of methoxy groups -OCH3 is 2. The van der Waals surface area contributed by atoms with Crippen LogP contribution in [0.15, 0.2) is 23.4 Å². The first-order chi connectivity index (χ1) is 18.8. The van der Waals surface area contributed by atoms with E-state index in [1.165, 1.54) is 19.1 Å². The number of hydrogen-bond donors (Lipinski definition) is 2. The van der Waals surface area contributed by atoms with Gasteiger partial charge in [-0.3, -0.25) is 14.5 Å². The van der Waals surface area contributed by atoms with Crippen LogP contribution in [0.4, 0.5) is 9.59 Å². The summed E-state index contributed by atoms with van der Waals surface area (Å²) in [6.45, 7) is 12.7. The molecule has 1 unspecified atom stereocenters. The van der Waals surface area contributed by atoms with Gasteiger partial charge < -0.3 is 29.4 Å². The second-order valence-corrected chi connectivity index (χ2v) is 11.1. The van der Waals surface area contributed by atoms with Gasteiger partial charge in [-0.15, -0.1) is 0 Å². The van der Waals surface area contributed by atoms with Gasteiger partial charge in [-0.1, -0.05) is 19.1 Å². The number of aliphatic hydroxyl groups excluding tert-OH is 1. The van der Waals surface area contributed by atoms with Crippen molar-refractivity contribution in [2.75, 3.05) is 20.8 Å². The van der Waals surface area contributed by atoms with Gasteiger partial charge in [0, 0.05) is 6.54 Å². The van der Waals surface area contributed by atoms with Crippen LogP contribution in [-0.2, 0) is 38.1 Å². The summed E-state index contributed by atoms with van der Waals surface area (Å²) in [7, 11) is 1.93. The van der Waals surface area contributed by atoms with Crippen LogP contribution in [0.5, 0.6) is 0 Å². The van der Waals surface area contributed by atoms with Crippen LogP contribution in [0.2, 0.25) is 0 Å². The molecule has 0 spiro atoms. The fraction of sp³-hybridized carbons (Fsp3) is 0.630. The smallest absolute Gasteiger partial charge is 0.422 e. The SMILES string of the molecule is CC/C(C)=C(\C(=O)N[C@H](C(=O)OC)C(O)C(=O)OC)N(C(=O)OC(C)(C)C)C(=O)[C@@H]1C=CCN1C(=O)OC(C)(C)C. The van der Waals surface area contributed by atoms with Crippen LogP contribution >= 0.6 is 0 Å². The summed E-state index contributed by atoms with van der Waals surface area (Å²) in [5, 5.41) is 12.5. The Hall–Kier alpha value is -3.94. The van der Waals surface area contributed by atoms with E-state index in [1.807, 2.05) is 0 Å². The predicted molar refractivity (Wildman–Crippen MR) is 144 cm³/mol. The summed E-state index contributed by atoms with van der Waals surface area (Å²) < 4.78 is 19.9. The molecule has 2 N–H and O–H groups in total. The molecular formula is C27H41N3O11. The number of aliphatic hydroxyl groups is 1. The average Bonchev–Trinajstić information content (AvgIpc) is 3.36. The van der Waals surface area contributed by atoms with Crippen LogP contribution in [0, 0.1) is 0 Å².